The summed E-state index contributed by atoms with van der Waals surface area (Å²) in [5, 5.41) is 7.89. The van der Waals surface area contributed by atoms with E-state index in [4.69, 9.17) is 9.26 Å². The summed E-state index contributed by atoms with van der Waals surface area (Å²) in [6.07, 6.45) is 0.939. The number of carbonyl (C=O) groups is 1. The Morgan fingerprint density at radius 2 is 2.33 bits per heavy atom. The van der Waals surface area contributed by atoms with E-state index in [0.29, 0.717) is 24.9 Å². The Morgan fingerprint density at radius 3 is 3.00 bits per heavy atom. The Hall–Kier alpha value is -1.73. The molecule has 0 bridgehead atoms. The van der Waals surface area contributed by atoms with Crippen molar-refractivity contribution < 1.29 is 14.1 Å². The predicted octanol–water partition coefficient (Wildman–Crippen LogP) is 2.57. The summed E-state index contributed by atoms with van der Waals surface area (Å²) in [5.41, 5.74) is 0.922. The van der Waals surface area contributed by atoms with E-state index < -0.39 is 0 Å². The molecule has 21 heavy (non-hydrogen) atoms. The molecule has 6 nitrogen and oxygen atoms in total. The highest BCUT2D eigenvalue weighted by Gasteiger charge is 2.15. The van der Waals surface area contributed by atoms with Gasteiger partial charge in [-0.15, -0.1) is 0 Å². The van der Waals surface area contributed by atoms with Crippen LogP contribution < -0.4 is 0 Å². The van der Waals surface area contributed by atoms with Gasteiger partial charge in [-0.2, -0.15) is 16.3 Å². The first-order chi connectivity index (χ1) is 10.2. The topological polar surface area (TPSA) is 68.5 Å². The van der Waals surface area contributed by atoms with Gasteiger partial charge in [-0.25, -0.2) is 0 Å². The summed E-state index contributed by atoms with van der Waals surface area (Å²) < 4.78 is 10.2. The van der Waals surface area contributed by atoms with E-state index in [0.717, 1.165) is 18.5 Å². The fourth-order valence-corrected chi connectivity index (χ4v) is 2.57. The Kier molecular flexibility index (Phi) is 5.89. The Morgan fingerprint density at radius 1 is 1.48 bits per heavy atom. The SMILES string of the molecule is CCCN(CC(=O)OCC)Cc1noc(-c2ccsc2)n1. The van der Waals surface area contributed by atoms with Gasteiger partial charge in [0.05, 0.1) is 25.3 Å². The van der Waals surface area contributed by atoms with Crippen molar-refractivity contribution in [1.29, 1.82) is 0 Å². The maximum absolute atomic E-state index is 11.6. The maximum atomic E-state index is 11.6. The van der Waals surface area contributed by atoms with Crippen LogP contribution in [0.15, 0.2) is 21.3 Å². The lowest BCUT2D eigenvalue weighted by atomic mass is 10.3. The Bertz CT molecular complexity index is 554. The molecule has 0 atom stereocenters. The minimum Gasteiger partial charge on any atom is -0.465 e. The maximum Gasteiger partial charge on any atom is 0.320 e. The molecule has 7 heteroatoms. The first-order valence-electron chi connectivity index (χ1n) is 6.96. The monoisotopic (exact) mass is 309 g/mol. The summed E-state index contributed by atoms with van der Waals surface area (Å²) in [5.74, 6) is 0.861. The molecule has 0 saturated carbocycles. The normalized spacial score (nSPS) is 11.0. The number of thiophene rings is 1. The van der Waals surface area contributed by atoms with E-state index in [1.54, 1.807) is 18.3 Å². The first-order valence-corrected chi connectivity index (χ1v) is 7.90. The quantitative estimate of drug-likeness (QED) is 0.698. The number of rotatable bonds is 8. The molecule has 0 aliphatic carbocycles. The van der Waals surface area contributed by atoms with Gasteiger partial charge < -0.3 is 9.26 Å². The molecule has 2 rings (SSSR count). The van der Waals surface area contributed by atoms with Crippen LogP contribution in [0.3, 0.4) is 0 Å². The molecular formula is C14H19N3O3S. The van der Waals surface area contributed by atoms with Crippen LogP contribution in [0.25, 0.3) is 11.5 Å². The van der Waals surface area contributed by atoms with Gasteiger partial charge in [-0.3, -0.25) is 9.69 Å². The van der Waals surface area contributed by atoms with Crippen molar-refractivity contribution >= 4 is 17.3 Å². The third-order valence-electron chi connectivity index (χ3n) is 2.80. The number of aromatic nitrogens is 2. The van der Waals surface area contributed by atoms with E-state index >= 15 is 0 Å². The molecule has 0 aromatic carbocycles. The molecule has 2 aromatic heterocycles. The van der Waals surface area contributed by atoms with E-state index in [9.17, 15) is 4.79 Å². The Balaban J connectivity index is 1.98. The van der Waals surface area contributed by atoms with Crippen molar-refractivity contribution in [3.63, 3.8) is 0 Å². The molecule has 0 radical (unpaired) electrons. The lowest BCUT2D eigenvalue weighted by Crippen LogP contribution is -2.31. The van der Waals surface area contributed by atoms with Crippen molar-refractivity contribution in [1.82, 2.24) is 15.0 Å². The van der Waals surface area contributed by atoms with Crippen molar-refractivity contribution in [2.24, 2.45) is 0 Å². The van der Waals surface area contributed by atoms with Crippen LogP contribution >= 0.6 is 11.3 Å². The zero-order chi connectivity index (χ0) is 15.1. The predicted molar refractivity (Wildman–Crippen MR) is 79.8 cm³/mol. The Labute approximate surface area is 127 Å². The molecule has 0 N–H and O–H groups in total. The smallest absolute Gasteiger partial charge is 0.320 e. The van der Waals surface area contributed by atoms with Crippen LogP contribution in [0.4, 0.5) is 0 Å². The molecule has 0 aliphatic heterocycles. The third kappa shape index (κ3) is 4.64. The standard InChI is InChI=1S/C14H19N3O3S/c1-3-6-17(9-13(18)19-4-2)8-12-15-14(20-16-12)11-5-7-21-10-11/h5,7,10H,3-4,6,8-9H2,1-2H3. The van der Waals surface area contributed by atoms with E-state index in [1.807, 2.05) is 21.7 Å². The molecule has 114 valence electrons. The molecule has 0 unspecified atom stereocenters. The highest BCUT2D eigenvalue weighted by atomic mass is 32.1. The number of ether oxygens (including phenoxy) is 1. The third-order valence-corrected chi connectivity index (χ3v) is 3.48. The van der Waals surface area contributed by atoms with E-state index in [2.05, 4.69) is 17.1 Å². The fourth-order valence-electron chi connectivity index (χ4n) is 1.94. The van der Waals surface area contributed by atoms with Crippen molar-refractivity contribution in [3.05, 3.63) is 22.7 Å². The van der Waals surface area contributed by atoms with E-state index in [-0.39, 0.29) is 12.5 Å². The molecule has 0 fully saturated rings. The van der Waals surface area contributed by atoms with Gasteiger partial charge in [-0.1, -0.05) is 12.1 Å². The number of hydrogen-bond donors (Lipinski definition) is 0. The summed E-state index contributed by atoms with van der Waals surface area (Å²) in [7, 11) is 0. The number of carbonyl (C=O) groups excluding carboxylic acids is 1. The summed E-state index contributed by atoms with van der Waals surface area (Å²) in [6, 6.07) is 1.93. The molecule has 0 saturated heterocycles. The van der Waals surface area contributed by atoms with Gasteiger partial charge in [0.15, 0.2) is 5.82 Å². The first kappa shape index (κ1) is 15.7. The van der Waals surface area contributed by atoms with Crippen molar-refractivity contribution in [3.8, 4) is 11.5 Å². The lowest BCUT2D eigenvalue weighted by molar-refractivity contribution is -0.144. The van der Waals surface area contributed by atoms with Gasteiger partial charge in [0.25, 0.3) is 5.89 Å². The second-order valence-electron chi connectivity index (χ2n) is 4.54. The molecular weight excluding hydrogens is 290 g/mol. The van der Waals surface area contributed by atoms with Crippen LogP contribution in [-0.4, -0.2) is 40.7 Å². The minimum absolute atomic E-state index is 0.229. The van der Waals surface area contributed by atoms with Crippen LogP contribution in [0.5, 0.6) is 0 Å². The highest BCUT2D eigenvalue weighted by Crippen LogP contribution is 2.20. The van der Waals surface area contributed by atoms with Crippen molar-refractivity contribution in [2.45, 2.75) is 26.8 Å². The van der Waals surface area contributed by atoms with Gasteiger partial charge >= 0.3 is 5.97 Å². The van der Waals surface area contributed by atoms with Gasteiger partial charge in [0.1, 0.15) is 0 Å². The molecule has 2 heterocycles. The highest BCUT2D eigenvalue weighted by molar-refractivity contribution is 7.08. The molecule has 0 amide bonds. The van der Waals surface area contributed by atoms with Crippen LogP contribution in [0, 0.1) is 0 Å². The molecule has 0 aliphatic rings. The summed E-state index contributed by atoms with van der Waals surface area (Å²) >= 11 is 1.58. The molecule has 2 aromatic rings. The summed E-state index contributed by atoms with van der Waals surface area (Å²) in [6.45, 7) is 5.74. The summed E-state index contributed by atoms with van der Waals surface area (Å²) in [4.78, 5) is 17.9. The average molecular weight is 309 g/mol. The van der Waals surface area contributed by atoms with Crippen molar-refractivity contribution in [2.75, 3.05) is 19.7 Å². The lowest BCUT2D eigenvalue weighted by Gasteiger charge is -2.18. The van der Waals surface area contributed by atoms with Gasteiger partial charge in [-0.05, 0) is 31.3 Å². The zero-order valence-corrected chi connectivity index (χ0v) is 13.1. The van der Waals surface area contributed by atoms with Crippen LogP contribution in [-0.2, 0) is 16.1 Å². The largest absolute Gasteiger partial charge is 0.465 e. The van der Waals surface area contributed by atoms with Gasteiger partial charge in [0, 0.05) is 5.38 Å². The molecule has 0 spiro atoms. The van der Waals surface area contributed by atoms with Crippen LogP contribution in [0.1, 0.15) is 26.1 Å². The van der Waals surface area contributed by atoms with Crippen LogP contribution in [0.2, 0.25) is 0 Å². The van der Waals surface area contributed by atoms with E-state index in [1.165, 1.54) is 0 Å². The zero-order valence-electron chi connectivity index (χ0n) is 12.2. The van der Waals surface area contributed by atoms with Gasteiger partial charge in [0.2, 0.25) is 0 Å². The number of esters is 1. The fraction of sp³-hybridized carbons (Fsp3) is 0.500. The minimum atomic E-state index is -0.229. The number of nitrogens with zero attached hydrogens (tertiary/aromatic N) is 3. The average Bonchev–Trinajstić information content (AvgIpc) is 3.09. The second kappa shape index (κ2) is 7.90. The number of hydrogen-bond acceptors (Lipinski definition) is 7. The second-order valence-corrected chi connectivity index (χ2v) is 5.32.